The fraction of sp³-hybridized carbons (Fsp3) is 0. The van der Waals surface area contributed by atoms with Crippen molar-refractivity contribution >= 4 is 75.9 Å². The van der Waals surface area contributed by atoms with E-state index in [1.54, 1.807) is 11.3 Å². The van der Waals surface area contributed by atoms with Crippen LogP contribution in [0.3, 0.4) is 0 Å². The van der Waals surface area contributed by atoms with E-state index in [1.807, 2.05) is 0 Å². The summed E-state index contributed by atoms with van der Waals surface area (Å²) in [4.78, 5) is 12.9. The Labute approximate surface area is 332 Å². The van der Waals surface area contributed by atoms with E-state index in [1.165, 1.54) is 54.0 Å². The van der Waals surface area contributed by atoms with Crippen molar-refractivity contribution < 1.29 is 0 Å². The third-order valence-corrected chi connectivity index (χ3v) is 12.4. The van der Waals surface area contributed by atoms with Crippen molar-refractivity contribution in [2.45, 2.75) is 0 Å². The van der Waals surface area contributed by atoms with Gasteiger partial charge < -0.3 is 4.57 Å². The molecule has 4 aromatic heterocycles. The summed E-state index contributed by atoms with van der Waals surface area (Å²) in [5.74, 6) is 0.666. The van der Waals surface area contributed by atoms with Crippen LogP contribution >= 0.6 is 11.3 Å². The van der Waals surface area contributed by atoms with E-state index < -0.39 is 0 Å². The fourth-order valence-electron chi connectivity index (χ4n) is 8.68. The van der Waals surface area contributed by atoms with Crippen LogP contribution in [0.2, 0.25) is 0 Å². The summed E-state index contributed by atoms with van der Waals surface area (Å²) < 4.78 is 4.65. The second kappa shape index (κ2) is 12.6. The Morgan fingerprint density at radius 3 is 1.75 bits per heavy atom. The molecular formula is C52H32N4S. The standard InChI is InChI=1S/C52H32N4S/c1-4-14-33(15-5-1)49-32-44-50(34-16-6-2-7-17-34)53-52(54-51(44)57-49)56-46-27-25-37(29-42(46)43-28-35-18-10-11-19-36(35)30-48(43)56)38-24-26-41-40-22-12-13-23-45(40)55(47(41)31-38)39-20-8-3-9-21-39/h1-32H. The molecule has 0 N–H and O–H groups in total. The van der Waals surface area contributed by atoms with Gasteiger partial charge in [0.25, 0.3) is 0 Å². The zero-order chi connectivity index (χ0) is 37.5. The Morgan fingerprint density at radius 2 is 0.947 bits per heavy atom. The summed E-state index contributed by atoms with van der Waals surface area (Å²) in [7, 11) is 0. The first-order valence-electron chi connectivity index (χ1n) is 19.2. The van der Waals surface area contributed by atoms with Gasteiger partial charge in [-0.05, 0) is 82.1 Å². The second-order valence-corrected chi connectivity index (χ2v) is 15.7. The van der Waals surface area contributed by atoms with Gasteiger partial charge in [-0.2, -0.15) is 0 Å². The van der Waals surface area contributed by atoms with Gasteiger partial charge in [-0.1, -0.05) is 140 Å². The maximum Gasteiger partial charge on any atom is 0.236 e. The number of benzene rings is 8. The van der Waals surface area contributed by atoms with Crippen LogP contribution in [-0.2, 0) is 0 Å². The minimum absolute atomic E-state index is 0.666. The predicted octanol–water partition coefficient (Wildman–Crippen LogP) is 14.0. The van der Waals surface area contributed by atoms with Crippen LogP contribution in [0, 0.1) is 0 Å². The number of thiophene rings is 1. The zero-order valence-corrected chi connectivity index (χ0v) is 31.5. The van der Waals surface area contributed by atoms with E-state index in [9.17, 15) is 0 Å². The third kappa shape index (κ3) is 5.06. The molecule has 12 aromatic rings. The summed E-state index contributed by atoms with van der Waals surface area (Å²) in [6.45, 7) is 0. The van der Waals surface area contributed by atoms with Gasteiger partial charge in [-0.15, -0.1) is 11.3 Å². The number of para-hydroxylation sites is 2. The number of hydrogen-bond donors (Lipinski definition) is 0. The Kier molecular flexibility index (Phi) is 7.06. The molecule has 0 fully saturated rings. The van der Waals surface area contributed by atoms with Gasteiger partial charge in [0.15, 0.2) is 0 Å². The molecule has 4 nitrogen and oxygen atoms in total. The molecule has 0 aliphatic carbocycles. The summed E-state index contributed by atoms with van der Waals surface area (Å²) in [6, 6.07) is 69.7. The minimum Gasteiger partial charge on any atom is -0.309 e. The van der Waals surface area contributed by atoms with Gasteiger partial charge in [0.2, 0.25) is 5.95 Å². The normalized spacial score (nSPS) is 11.9. The molecule has 12 rings (SSSR count). The van der Waals surface area contributed by atoms with E-state index in [0.29, 0.717) is 5.95 Å². The average Bonchev–Trinajstić information content (AvgIpc) is 3.96. The summed E-state index contributed by atoms with van der Waals surface area (Å²) in [6.07, 6.45) is 0. The maximum atomic E-state index is 5.43. The van der Waals surface area contributed by atoms with Crippen molar-refractivity contribution in [3.8, 4) is 44.5 Å². The van der Waals surface area contributed by atoms with Gasteiger partial charge in [0.05, 0.1) is 27.8 Å². The van der Waals surface area contributed by atoms with Crippen LogP contribution in [0.4, 0.5) is 0 Å². The van der Waals surface area contributed by atoms with E-state index in [-0.39, 0.29) is 0 Å². The van der Waals surface area contributed by atoms with Crippen molar-refractivity contribution in [1.29, 1.82) is 0 Å². The summed E-state index contributed by atoms with van der Waals surface area (Å²) >= 11 is 1.72. The molecule has 57 heavy (non-hydrogen) atoms. The van der Waals surface area contributed by atoms with Crippen LogP contribution in [0.15, 0.2) is 194 Å². The second-order valence-electron chi connectivity index (χ2n) is 14.6. The Morgan fingerprint density at radius 1 is 0.351 bits per heavy atom. The van der Waals surface area contributed by atoms with Gasteiger partial charge in [-0.3, -0.25) is 4.57 Å². The molecule has 4 heterocycles. The Hall–Kier alpha value is -7.34. The first-order chi connectivity index (χ1) is 28.2. The molecule has 0 spiro atoms. The minimum atomic E-state index is 0.666. The molecule has 0 saturated carbocycles. The predicted molar refractivity (Wildman–Crippen MR) is 240 cm³/mol. The molecule has 8 aromatic carbocycles. The number of rotatable bonds is 5. The molecule has 0 aliphatic heterocycles. The lowest BCUT2D eigenvalue weighted by atomic mass is 10.0. The highest BCUT2D eigenvalue weighted by Crippen LogP contribution is 2.41. The summed E-state index contributed by atoms with van der Waals surface area (Å²) in [5.41, 5.74) is 11.2. The van der Waals surface area contributed by atoms with Crippen LogP contribution in [0.25, 0.3) is 109 Å². The van der Waals surface area contributed by atoms with Crippen molar-refractivity contribution in [2.75, 3.05) is 0 Å². The fourth-order valence-corrected chi connectivity index (χ4v) is 9.71. The van der Waals surface area contributed by atoms with E-state index in [0.717, 1.165) is 49.1 Å². The number of hydrogen-bond acceptors (Lipinski definition) is 3. The van der Waals surface area contributed by atoms with Gasteiger partial charge >= 0.3 is 0 Å². The maximum absolute atomic E-state index is 5.43. The zero-order valence-electron chi connectivity index (χ0n) is 30.7. The average molecular weight is 745 g/mol. The van der Waals surface area contributed by atoms with Crippen molar-refractivity contribution in [1.82, 2.24) is 19.1 Å². The molecular weight excluding hydrogens is 713 g/mol. The molecule has 0 aliphatic rings. The summed E-state index contributed by atoms with van der Waals surface area (Å²) in [5, 5.41) is 8.28. The molecule has 0 radical (unpaired) electrons. The quantitative estimate of drug-likeness (QED) is 0.176. The van der Waals surface area contributed by atoms with E-state index >= 15 is 0 Å². The SMILES string of the molecule is c1ccc(-c2cc3c(-c4ccccc4)nc(-n4c5ccc(-c6ccc7c8ccccc8n(-c8ccccc8)c7c6)cc5c5cc6ccccc6cc54)nc3s2)cc1. The van der Waals surface area contributed by atoms with Crippen LogP contribution in [0.1, 0.15) is 0 Å². The van der Waals surface area contributed by atoms with Crippen molar-refractivity contribution in [3.05, 3.63) is 194 Å². The lowest BCUT2D eigenvalue weighted by molar-refractivity contribution is 1.02. The van der Waals surface area contributed by atoms with E-state index in [4.69, 9.17) is 9.97 Å². The molecule has 0 unspecified atom stereocenters. The van der Waals surface area contributed by atoms with Crippen molar-refractivity contribution in [2.24, 2.45) is 0 Å². The van der Waals surface area contributed by atoms with Crippen molar-refractivity contribution in [3.63, 3.8) is 0 Å². The number of nitrogens with zero attached hydrogens (tertiary/aromatic N) is 4. The molecule has 0 bridgehead atoms. The lowest BCUT2D eigenvalue weighted by Crippen LogP contribution is -2.02. The highest BCUT2D eigenvalue weighted by atomic mass is 32.1. The Bertz CT molecular complexity index is 3510. The lowest BCUT2D eigenvalue weighted by Gasteiger charge is -2.11. The van der Waals surface area contributed by atoms with Gasteiger partial charge in [0, 0.05) is 43.1 Å². The first kappa shape index (κ1) is 32.0. The monoisotopic (exact) mass is 744 g/mol. The van der Waals surface area contributed by atoms with E-state index in [2.05, 4.69) is 203 Å². The molecule has 0 saturated heterocycles. The first-order valence-corrected chi connectivity index (χ1v) is 20.1. The molecule has 0 atom stereocenters. The van der Waals surface area contributed by atoms with Gasteiger partial charge in [-0.25, -0.2) is 9.97 Å². The van der Waals surface area contributed by atoms with Crippen LogP contribution in [0.5, 0.6) is 0 Å². The molecule has 266 valence electrons. The Balaban J connectivity index is 1.11. The molecule has 0 amide bonds. The van der Waals surface area contributed by atoms with Crippen LogP contribution in [-0.4, -0.2) is 19.1 Å². The highest BCUT2D eigenvalue weighted by Gasteiger charge is 2.21. The number of aromatic nitrogens is 4. The van der Waals surface area contributed by atoms with Crippen LogP contribution < -0.4 is 0 Å². The largest absolute Gasteiger partial charge is 0.309 e. The van der Waals surface area contributed by atoms with Gasteiger partial charge in [0.1, 0.15) is 4.83 Å². The highest BCUT2D eigenvalue weighted by molar-refractivity contribution is 7.21. The smallest absolute Gasteiger partial charge is 0.236 e. The topological polar surface area (TPSA) is 35.6 Å². The number of fused-ring (bicyclic) bond motifs is 8. The third-order valence-electron chi connectivity index (χ3n) is 11.3. The molecule has 5 heteroatoms.